The van der Waals surface area contributed by atoms with Gasteiger partial charge in [0.2, 0.25) is 6.04 Å². The Hall–Kier alpha value is -1.47. The van der Waals surface area contributed by atoms with Gasteiger partial charge in [0, 0.05) is 17.8 Å². The molecule has 0 heterocycles. The number of rotatable bonds is 7. The maximum absolute atomic E-state index is 12.0. The first-order valence-electron chi connectivity index (χ1n) is 5.92. The zero-order valence-electron chi connectivity index (χ0n) is 10.6. The second kappa shape index (κ2) is 6.63. The summed E-state index contributed by atoms with van der Waals surface area (Å²) in [6.45, 7) is 1.45. The molecule has 0 aromatic heterocycles. The summed E-state index contributed by atoms with van der Waals surface area (Å²) in [6, 6.07) is 6.79. The molecule has 2 atom stereocenters. The fourth-order valence-corrected chi connectivity index (χ4v) is 3.13. The van der Waals surface area contributed by atoms with Crippen molar-refractivity contribution in [2.24, 2.45) is 0 Å². The third kappa shape index (κ3) is 4.96. The van der Waals surface area contributed by atoms with Crippen LogP contribution in [0, 0.1) is 10.1 Å². The van der Waals surface area contributed by atoms with E-state index >= 15 is 0 Å². The number of nitro groups is 1. The SMILES string of the molecule is CC(O)CC(CCS(=O)(=O)c1ccccc1)[N+](=O)[O-]. The summed E-state index contributed by atoms with van der Waals surface area (Å²) in [6.07, 6.45) is -0.971. The van der Waals surface area contributed by atoms with Gasteiger partial charge in [0.25, 0.3) is 0 Å². The molecule has 1 N–H and O–H groups in total. The molecule has 106 valence electrons. The minimum atomic E-state index is -3.51. The standard InChI is InChI=1S/C12H17NO5S/c1-10(14)9-11(13(15)16)7-8-19(17,18)12-5-3-2-4-6-12/h2-6,10-11,14H,7-9H2,1H3. The summed E-state index contributed by atoms with van der Waals surface area (Å²) in [5.74, 6) is -0.296. The van der Waals surface area contributed by atoms with E-state index in [2.05, 4.69) is 0 Å². The minimum Gasteiger partial charge on any atom is -0.393 e. The van der Waals surface area contributed by atoms with E-state index in [4.69, 9.17) is 5.11 Å². The highest BCUT2D eigenvalue weighted by molar-refractivity contribution is 7.91. The summed E-state index contributed by atoms with van der Waals surface area (Å²) in [7, 11) is -3.51. The van der Waals surface area contributed by atoms with E-state index in [1.54, 1.807) is 18.2 Å². The molecule has 1 aromatic rings. The van der Waals surface area contributed by atoms with Crippen molar-refractivity contribution in [3.8, 4) is 0 Å². The smallest absolute Gasteiger partial charge is 0.216 e. The quantitative estimate of drug-likeness (QED) is 0.601. The van der Waals surface area contributed by atoms with Crippen LogP contribution in [0.4, 0.5) is 0 Å². The van der Waals surface area contributed by atoms with Gasteiger partial charge in [-0.2, -0.15) is 0 Å². The highest BCUT2D eigenvalue weighted by Gasteiger charge is 2.25. The van der Waals surface area contributed by atoms with Gasteiger partial charge in [-0.05, 0) is 19.1 Å². The Bertz CT molecular complexity index is 512. The first-order chi connectivity index (χ1) is 8.83. The van der Waals surface area contributed by atoms with E-state index in [0.29, 0.717) is 0 Å². The van der Waals surface area contributed by atoms with Gasteiger partial charge in [0.05, 0.1) is 16.8 Å². The van der Waals surface area contributed by atoms with Crippen molar-refractivity contribution in [3.05, 3.63) is 40.4 Å². The Morgan fingerprint density at radius 3 is 2.37 bits per heavy atom. The van der Waals surface area contributed by atoms with Crippen LogP contribution >= 0.6 is 0 Å². The van der Waals surface area contributed by atoms with Crippen LogP contribution in [-0.2, 0) is 9.84 Å². The molecule has 0 fully saturated rings. The van der Waals surface area contributed by atoms with Crippen LogP contribution in [0.3, 0.4) is 0 Å². The molecule has 0 saturated carbocycles. The predicted octanol–water partition coefficient (Wildman–Crippen LogP) is 1.27. The number of benzene rings is 1. The molecule has 1 aromatic carbocycles. The number of sulfone groups is 1. The summed E-state index contributed by atoms with van der Waals surface area (Å²) >= 11 is 0. The number of hydrogen-bond donors (Lipinski definition) is 1. The Morgan fingerprint density at radius 1 is 1.32 bits per heavy atom. The van der Waals surface area contributed by atoms with Gasteiger partial charge in [0.15, 0.2) is 9.84 Å². The number of hydrogen-bond acceptors (Lipinski definition) is 5. The average Bonchev–Trinajstić information content (AvgIpc) is 2.35. The average molecular weight is 287 g/mol. The van der Waals surface area contributed by atoms with E-state index in [0.717, 1.165) is 0 Å². The molecule has 1 rings (SSSR count). The van der Waals surface area contributed by atoms with Crippen molar-refractivity contribution in [3.63, 3.8) is 0 Å². The fraction of sp³-hybridized carbons (Fsp3) is 0.500. The van der Waals surface area contributed by atoms with E-state index in [1.165, 1.54) is 19.1 Å². The van der Waals surface area contributed by atoms with E-state index < -0.39 is 26.9 Å². The topological polar surface area (TPSA) is 97.5 Å². The molecule has 0 aliphatic carbocycles. The molecule has 0 radical (unpaired) electrons. The molecule has 0 spiro atoms. The highest BCUT2D eigenvalue weighted by Crippen LogP contribution is 2.14. The van der Waals surface area contributed by atoms with Crippen LogP contribution in [0.25, 0.3) is 0 Å². The van der Waals surface area contributed by atoms with E-state index in [-0.39, 0.29) is 23.5 Å². The number of aliphatic hydroxyl groups is 1. The van der Waals surface area contributed by atoms with Crippen LogP contribution in [0.2, 0.25) is 0 Å². The lowest BCUT2D eigenvalue weighted by molar-refractivity contribution is -0.525. The number of nitrogens with zero attached hydrogens (tertiary/aromatic N) is 1. The molecule has 0 aliphatic heterocycles. The van der Waals surface area contributed by atoms with E-state index in [9.17, 15) is 18.5 Å². The van der Waals surface area contributed by atoms with Crippen LogP contribution < -0.4 is 0 Å². The van der Waals surface area contributed by atoms with E-state index in [1.807, 2.05) is 0 Å². The second-order valence-electron chi connectivity index (χ2n) is 4.44. The zero-order valence-corrected chi connectivity index (χ0v) is 11.4. The lowest BCUT2D eigenvalue weighted by Gasteiger charge is -2.11. The Kier molecular flexibility index (Phi) is 5.44. The lowest BCUT2D eigenvalue weighted by atomic mass is 10.1. The molecule has 19 heavy (non-hydrogen) atoms. The summed E-state index contributed by atoms with van der Waals surface area (Å²) in [5, 5.41) is 20.0. The molecule has 0 bridgehead atoms. The molecule has 0 aliphatic rings. The van der Waals surface area contributed by atoms with Crippen LogP contribution in [0.1, 0.15) is 19.8 Å². The van der Waals surface area contributed by atoms with Gasteiger partial charge in [-0.25, -0.2) is 8.42 Å². The first kappa shape index (κ1) is 15.6. The highest BCUT2D eigenvalue weighted by atomic mass is 32.2. The zero-order chi connectivity index (χ0) is 14.5. The third-order valence-electron chi connectivity index (χ3n) is 2.73. The van der Waals surface area contributed by atoms with Crippen molar-refractivity contribution in [2.75, 3.05) is 5.75 Å². The Balaban J connectivity index is 2.71. The van der Waals surface area contributed by atoms with Crippen LogP contribution in [-0.4, -0.2) is 36.3 Å². The molecule has 2 unspecified atom stereocenters. The predicted molar refractivity (Wildman–Crippen MR) is 70.2 cm³/mol. The van der Waals surface area contributed by atoms with Gasteiger partial charge in [-0.3, -0.25) is 10.1 Å². The van der Waals surface area contributed by atoms with Crippen molar-refractivity contribution >= 4 is 9.84 Å². The summed E-state index contributed by atoms with van der Waals surface area (Å²) in [4.78, 5) is 10.4. The largest absolute Gasteiger partial charge is 0.393 e. The monoisotopic (exact) mass is 287 g/mol. The second-order valence-corrected chi connectivity index (χ2v) is 6.55. The Morgan fingerprint density at radius 2 is 1.89 bits per heavy atom. The maximum atomic E-state index is 12.0. The summed E-state index contributed by atoms with van der Waals surface area (Å²) < 4.78 is 23.9. The van der Waals surface area contributed by atoms with Crippen molar-refractivity contribution in [2.45, 2.75) is 36.8 Å². The molecule has 0 amide bonds. The summed E-state index contributed by atoms with van der Waals surface area (Å²) in [5.41, 5.74) is 0. The molecule has 0 saturated heterocycles. The normalized spacial score (nSPS) is 14.8. The molecular formula is C12H17NO5S. The van der Waals surface area contributed by atoms with Crippen LogP contribution in [0.5, 0.6) is 0 Å². The maximum Gasteiger partial charge on any atom is 0.216 e. The number of aliphatic hydroxyl groups excluding tert-OH is 1. The van der Waals surface area contributed by atoms with Gasteiger partial charge >= 0.3 is 0 Å². The van der Waals surface area contributed by atoms with Crippen LogP contribution in [0.15, 0.2) is 35.2 Å². The molecule has 7 heteroatoms. The van der Waals surface area contributed by atoms with Crippen molar-refractivity contribution < 1.29 is 18.4 Å². The van der Waals surface area contributed by atoms with Gasteiger partial charge < -0.3 is 5.11 Å². The third-order valence-corrected chi connectivity index (χ3v) is 4.50. The van der Waals surface area contributed by atoms with Gasteiger partial charge in [0.1, 0.15) is 0 Å². The minimum absolute atomic E-state index is 0.0443. The molecular weight excluding hydrogens is 270 g/mol. The molecule has 6 nitrogen and oxygen atoms in total. The Labute approximate surface area is 112 Å². The van der Waals surface area contributed by atoms with Crippen molar-refractivity contribution in [1.29, 1.82) is 0 Å². The fourth-order valence-electron chi connectivity index (χ4n) is 1.74. The van der Waals surface area contributed by atoms with Gasteiger partial charge in [-0.1, -0.05) is 18.2 Å². The van der Waals surface area contributed by atoms with Gasteiger partial charge in [-0.15, -0.1) is 0 Å². The lowest BCUT2D eigenvalue weighted by Crippen LogP contribution is -2.27. The first-order valence-corrected chi connectivity index (χ1v) is 7.57. The van der Waals surface area contributed by atoms with Crippen molar-refractivity contribution in [1.82, 2.24) is 0 Å².